The quantitative estimate of drug-likeness (QED) is 0.745. The van der Waals surface area contributed by atoms with Crippen LogP contribution in [0.25, 0.3) is 5.57 Å². The van der Waals surface area contributed by atoms with Crippen molar-refractivity contribution in [3.05, 3.63) is 39.6 Å². The van der Waals surface area contributed by atoms with Crippen LogP contribution in [-0.4, -0.2) is 28.8 Å². The summed E-state index contributed by atoms with van der Waals surface area (Å²) in [5.74, 6) is -0.0645. The van der Waals surface area contributed by atoms with Crippen LogP contribution in [0.1, 0.15) is 48.8 Å². The predicted octanol–water partition coefficient (Wildman–Crippen LogP) is 3.76. The molecule has 2 heterocycles. The van der Waals surface area contributed by atoms with Gasteiger partial charge in [-0.2, -0.15) is 0 Å². The topological polar surface area (TPSA) is 67.8 Å². The molecule has 1 saturated heterocycles. The molecule has 2 N–H and O–H groups in total. The summed E-state index contributed by atoms with van der Waals surface area (Å²) in [7, 11) is 0. The summed E-state index contributed by atoms with van der Waals surface area (Å²) in [6.07, 6.45) is 3.66. The zero-order chi connectivity index (χ0) is 17.8. The number of amides is 1. The van der Waals surface area contributed by atoms with Crippen molar-refractivity contribution in [1.29, 1.82) is 0 Å². The minimum atomic E-state index is -0.692. The molecule has 0 atom stereocenters. The van der Waals surface area contributed by atoms with Gasteiger partial charge in [-0.3, -0.25) is 4.79 Å². The van der Waals surface area contributed by atoms with Crippen molar-refractivity contribution in [2.45, 2.75) is 57.1 Å². The first-order valence-corrected chi connectivity index (χ1v) is 9.08. The Kier molecular flexibility index (Phi) is 3.87. The molecule has 134 valence electrons. The maximum Gasteiger partial charge on any atom is 0.256 e. The number of benzene rings is 1. The summed E-state index contributed by atoms with van der Waals surface area (Å²) in [5.41, 5.74) is 1.98. The molecule has 6 heteroatoms. The van der Waals surface area contributed by atoms with Crippen LogP contribution >= 0.6 is 11.6 Å². The van der Waals surface area contributed by atoms with Gasteiger partial charge >= 0.3 is 0 Å². The van der Waals surface area contributed by atoms with Gasteiger partial charge in [-0.1, -0.05) is 11.6 Å². The van der Waals surface area contributed by atoms with Crippen molar-refractivity contribution in [1.82, 2.24) is 5.32 Å². The lowest BCUT2D eigenvalue weighted by Gasteiger charge is -2.40. The number of aryl methyl sites for hydroxylation is 2. The van der Waals surface area contributed by atoms with Crippen molar-refractivity contribution in [2.24, 2.45) is 0 Å². The number of carbonyl (C=O) groups is 1. The Morgan fingerprint density at radius 2 is 1.76 bits per heavy atom. The van der Waals surface area contributed by atoms with Gasteiger partial charge in [0.1, 0.15) is 11.4 Å². The molecule has 1 aromatic carbocycles. The minimum absolute atomic E-state index is 0.153. The zero-order valence-electron chi connectivity index (χ0n) is 14.4. The van der Waals surface area contributed by atoms with E-state index >= 15 is 0 Å². The van der Waals surface area contributed by atoms with E-state index in [9.17, 15) is 9.90 Å². The van der Waals surface area contributed by atoms with Crippen molar-refractivity contribution < 1.29 is 19.7 Å². The first kappa shape index (κ1) is 16.9. The summed E-state index contributed by atoms with van der Waals surface area (Å²) in [6.45, 7) is 4.42. The lowest BCUT2D eigenvalue weighted by Crippen LogP contribution is -2.51. The van der Waals surface area contributed by atoms with Crippen LogP contribution in [-0.2, 0) is 14.6 Å². The van der Waals surface area contributed by atoms with Crippen molar-refractivity contribution >= 4 is 23.1 Å². The molecule has 2 aliphatic heterocycles. The highest BCUT2D eigenvalue weighted by Gasteiger charge is 2.53. The number of halogens is 1. The second kappa shape index (κ2) is 5.73. The fourth-order valence-electron chi connectivity index (χ4n) is 4.49. The first-order valence-electron chi connectivity index (χ1n) is 8.70. The normalized spacial score (nSPS) is 32.0. The molecule has 0 unspecified atom stereocenters. The maximum atomic E-state index is 12.7. The van der Waals surface area contributed by atoms with E-state index < -0.39 is 5.54 Å². The van der Waals surface area contributed by atoms with Crippen molar-refractivity contribution in [3.8, 4) is 0 Å². The molecule has 1 aromatic rings. The Labute approximate surface area is 151 Å². The van der Waals surface area contributed by atoms with E-state index in [2.05, 4.69) is 5.32 Å². The maximum absolute atomic E-state index is 12.7. The summed E-state index contributed by atoms with van der Waals surface area (Å²) in [6, 6.07) is 3.64. The van der Waals surface area contributed by atoms with E-state index in [0.29, 0.717) is 30.0 Å². The zero-order valence-corrected chi connectivity index (χ0v) is 15.2. The van der Waals surface area contributed by atoms with E-state index in [1.807, 2.05) is 26.0 Å². The van der Waals surface area contributed by atoms with Crippen LogP contribution in [0.2, 0.25) is 5.02 Å². The minimum Gasteiger partial charge on any atom is -0.509 e. The molecule has 1 amide bonds. The number of rotatable bonds is 1. The molecule has 1 aliphatic carbocycles. The van der Waals surface area contributed by atoms with Gasteiger partial charge in [0.2, 0.25) is 0 Å². The van der Waals surface area contributed by atoms with Gasteiger partial charge in [-0.15, -0.1) is 0 Å². The third kappa shape index (κ3) is 2.57. The standard InChI is InChI=1S/C19H22ClNO4/c1-11-9-13(20)10-12(2)14(11)15-16(22)19(21-17(15)23)5-3-18(4-6-19)7-8-24-25-18/h9-10,22H,3-8H2,1-2H3,(H,21,23). The van der Waals surface area contributed by atoms with E-state index in [1.165, 1.54) is 0 Å². The predicted molar refractivity (Wildman–Crippen MR) is 94.2 cm³/mol. The fourth-order valence-corrected chi connectivity index (χ4v) is 4.81. The van der Waals surface area contributed by atoms with E-state index in [4.69, 9.17) is 21.4 Å². The number of aliphatic hydroxyl groups is 1. The molecule has 1 saturated carbocycles. The van der Waals surface area contributed by atoms with E-state index in [1.54, 1.807) is 0 Å². The van der Waals surface area contributed by atoms with Gasteiger partial charge in [0.05, 0.1) is 17.7 Å². The SMILES string of the molecule is Cc1cc(Cl)cc(C)c1C1=C(O)C2(CCC3(CCOO3)CC2)NC1=O. The number of hydrogen-bond acceptors (Lipinski definition) is 4. The molecule has 0 bridgehead atoms. The van der Waals surface area contributed by atoms with Crippen LogP contribution in [0.15, 0.2) is 17.9 Å². The molecule has 2 fully saturated rings. The van der Waals surface area contributed by atoms with Crippen LogP contribution in [0.3, 0.4) is 0 Å². The largest absolute Gasteiger partial charge is 0.509 e. The molecule has 25 heavy (non-hydrogen) atoms. The van der Waals surface area contributed by atoms with Gasteiger partial charge in [0.15, 0.2) is 0 Å². The molecule has 5 nitrogen and oxygen atoms in total. The van der Waals surface area contributed by atoms with E-state index in [-0.39, 0.29) is 17.3 Å². The third-order valence-electron chi connectivity index (χ3n) is 5.91. The monoisotopic (exact) mass is 363 g/mol. The van der Waals surface area contributed by atoms with Gasteiger partial charge in [-0.25, -0.2) is 9.78 Å². The summed E-state index contributed by atoms with van der Waals surface area (Å²) in [5, 5.41) is 14.7. The average molecular weight is 364 g/mol. The summed E-state index contributed by atoms with van der Waals surface area (Å²) < 4.78 is 0. The summed E-state index contributed by atoms with van der Waals surface area (Å²) in [4.78, 5) is 23.3. The van der Waals surface area contributed by atoms with Crippen LogP contribution in [0.5, 0.6) is 0 Å². The van der Waals surface area contributed by atoms with Crippen molar-refractivity contribution in [3.63, 3.8) is 0 Å². The van der Waals surface area contributed by atoms with Crippen LogP contribution in [0, 0.1) is 13.8 Å². The second-order valence-corrected chi connectivity index (χ2v) is 7.95. The molecule has 2 spiro atoms. The third-order valence-corrected chi connectivity index (χ3v) is 6.13. The van der Waals surface area contributed by atoms with E-state index in [0.717, 1.165) is 36.0 Å². The smallest absolute Gasteiger partial charge is 0.256 e. The molecule has 3 aliphatic rings. The average Bonchev–Trinajstić information content (AvgIpc) is 3.09. The Bertz CT molecular complexity index is 747. The van der Waals surface area contributed by atoms with Crippen molar-refractivity contribution in [2.75, 3.05) is 6.61 Å². The number of carbonyl (C=O) groups excluding carboxylic acids is 1. The number of hydrogen-bond donors (Lipinski definition) is 2. The number of nitrogens with one attached hydrogen (secondary N) is 1. The highest BCUT2D eigenvalue weighted by atomic mass is 35.5. The molecule has 0 aromatic heterocycles. The van der Waals surface area contributed by atoms with Gasteiger partial charge < -0.3 is 10.4 Å². The second-order valence-electron chi connectivity index (χ2n) is 7.51. The Morgan fingerprint density at radius 3 is 2.32 bits per heavy atom. The lowest BCUT2D eigenvalue weighted by atomic mass is 9.72. The highest BCUT2D eigenvalue weighted by molar-refractivity contribution is 6.31. The Hall–Kier alpha value is -1.56. The number of aliphatic hydroxyl groups excluding tert-OH is 1. The molecule has 4 rings (SSSR count). The van der Waals surface area contributed by atoms with Gasteiger partial charge in [0, 0.05) is 11.4 Å². The highest BCUT2D eigenvalue weighted by Crippen LogP contribution is 2.48. The Morgan fingerprint density at radius 1 is 1.12 bits per heavy atom. The summed E-state index contributed by atoms with van der Waals surface area (Å²) >= 11 is 6.11. The fraction of sp³-hybridized carbons (Fsp3) is 0.526. The van der Waals surface area contributed by atoms with Gasteiger partial charge in [0.25, 0.3) is 5.91 Å². The Balaban J connectivity index is 1.71. The molecular formula is C19H22ClNO4. The first-order chi connectivity index (χ1) is 11.9. The lowest BCUT2D eigenvalue weighted by molar-refractivity contribution is -0.316. The van der Waals surface area contributed by atoms with Crippen LogP contribution in [0.4, 0.5) is 0 Å². The van der Waals surface area contributed by atoms with Crippen LogP contribution < -0.4 is 5.32 Å². The molecular weight excluding hydrogens is 342 g/mol. The molecule has 0 radical (unpaired) electrons. The van der Waals surface area contributed by atoms with Gasteiger partial charge in [-0.05, 0) is 68.4 Å².